The van der Waals surface area contributed by atoms with Crippen molar-refractivity contribution in [2.75, 3.05) is 0 Å². The summed E-state index contributed by atoms with van der Waals surface area (Å²) in [4.78, 5) is 4.03. The molecule has 0 unspecified atom stereocenters. The van der Waals surface area contributed by atoms with Gasteiger partial charge in [-0.1, -0.05) is 23.2 Å². The largest absolute Gasteiger partial charge is 0.491 e. The fourth-order valence-corrected chi connectivity index (χ4v) is 1.87. The summed E-state index contributed by atoms with van der Waals surface area (Å²) in [5.41, 5.74) is 0. The van der Waals surface area contributed by atoms with E-state index in [-0.39, 0.29) is 6.10 Å². The molecule has 2 rings (SSSR count). The van der Waals surface area contributed by atoms with Crippen LogP contribution in [-0.2, 0) is 0 Å². The van der Waals surface area contributed by atoms with Gasteiger partial charge in [-0.2, -0.15) is 0 Å². The third kappa shape index (κ3) is 4.01. The first-order valence-electron chi connectivity index (χ1n) is 5.80. The molecule has 0 bridgehead atoms. The lowest BCUT2D eigenvalue weighted by Crippen LogP contribution is -2.05. The highest BCUT2D eigenvalue weighted by Gasteiger charge is 2.06. The predicted octanol–water partition coefficient (Wildman–Crippen LogP) is 4.97. The normalized spacial score (nSPS) is 10.6. The maximum absolute atomic E-state index is 5.98. The van der Waals surface area contributed by atoms with Gasteiger partial charge in [-0.15, -0.1) is 0 Å². The molecule has 3 nitrogen and oxygen atoms in total. The van der Waals surface area contributed by atoms with Crippen molar-refractivity contribution in [2.24, 2.45) is 0 Å². The average Bonchev–Trinajstić information content (AvgIpc) is 2.34. The fraction of sp³-hybridized carbons (Fsp3) is 0.214. The van der Waals surface area contributed by atoms with E-state index in [4.69, 9.17) is 32.7 Å². The Morgan fingerprint density at radius 3 is 2.26 bits per heavy atom. The molecule has 2 aromatic rings. The van der Waals surface area contributed by atoms with Crippen molar-refractivity contribution in [3.63, 3.8) is 0 Å². The van der Waals surface area contributed by atoms with E-state index in [0.717, 1.165) is 5.75 Å². The predicted molar refractivity (Wildman–Crippen MR) is 76.5 cm³/mol. The Bertz CT molecular complexity index is 556. The van der Waals surface area contributed by atoms with Gasteiger partial charge in [-0.05, 0) is 44.2 Å². The molecule has 1 aromatic carbocycles. The van der Waals surface area contributed by atoms with E-state index in [0.29, 0.717) is 21.7 Å². The number of rotatable bonds is 4. The molecule has 0 aliphatic heterocycles. The number of aromatic nitrogens is 1. The zero-order valence-corrected chi connectivity index (χ0v) is 12.1. The average molecular weight is 298 g/mol. The first kappa shape index (κ1) is 14.0. The molecular formula is C14H13Cl2NO2. The minimum absolute atomic E-state index is 0.138. The van der Waals surface area contributed by atoms with Crippen LogP contribution in [0.25, 0.3) is 0 Å². The number of halogens is 2. The van der Waals surface area contributed by atoms with Crippen LogP contribution in [0.15, 0.2) is 36.5 Å². The lowest BCUT2D eigenvalue weighted by Gasteiger charge is -2.10. The molecule has 0 aliphatic rings. The van der Waals surface area contributed by atoms with E-state index in [1.54, 1.807) is 18.2 Å². The van der Waals surface area contributed by atoms with Crippen molar-refractivity contribution in [1.82, 2.24) is 4.98 Å². The Morgan fingerprint density at radius 2 is 1.68 bits per heavy atom. The molecule has 0 fully saturated rings. The molecule has 19 heavy (non-hydrogen) atoms. The molecule has 0 radical (unpaired) electrons. The molecule has 0 saturated carbocycles. The van der Waals surface area contributed by atoms with Gasteiger partial charge in [-0.3, -0.25) is 0 Å². The molecule has 0 N–H and O–H groups in total. The minimum Gasteiger partial charge on any atom is -0.491 e. The molecule has 1 heterocycles. The molecular weight excluding hydrogens is 285 g/mol. The Hall–Kier alpha value is -1.45. The highest BCUT2D eigenvalue weighted by atomic mass is 35.5. The molecule has 0 atom stereocenters. The lowest BCUT2D eigenvalue weighted by molar-refractivity contribution is 0.242. The van der Waals surface area contributed by atoms with Gasteiger partial charge in [0.2, 0.25) is 5.88 Å². The lowest BCUT2D eigenvalue weighted by atomic mass is 10.3. The van der Waals surface area contributed by atoms with Crippen LogP contribution in [-0.4, -0.2) is 11.1 Å². The topological polar surface area (TPSA) is 31.4 Å². The molecule has 1 aromatic heterocycles. The summed E-state index contributed by atoms with van der Waals surface area (Å²) in [6.07, 6.45) is 1.62. The van der Waals surface area contributed by atoms with E-state index < -0.39 is 0 Å². The third-order valence-electron chi connectivity index (χ3n) is 2.18. The summed E-state index contributed by atoms with van der Waals surface area (Å²) in [5.74, 6) is 1.74. The highest BCUT2D eigenvalue weighted by Crippen LogP contribution is 2.29. The van der Waals surface area contributed by atoms with E-state index in [2.05, 4.69) is 4.98 Å². The molecule has 5 heteroatoms. The summed E-state index contributed by atoms with van der Waals surface area (Å²) in [7, 11) is 0. The van der Waals surface area contributed by atoms with Gasteiger partial charge in [0.25, 0.3) is 0 Å². The summed E-state index contributed by atoms with van der Waals surface area (Å²) in [6.45, 7) is 3.95. The number of ether oxygens (including phenoxy) is 2. The highest BCUT2D eigenvalue weighted by molar-refractivity contribution is 6.35. The number of pyridine rings is 1. The Morgan fingerprint density at radius 1 is 1.05 bits per heavy atom. The van der Waals surface area contributed by atoms with Crippen molar-refractivity contribution < 1.29 is 9.47 Å². The van der Waals surface area contributed by atoms with E-state index >= 15 is 0 Å². The standard InChI is InChI=1S/C14H13Cl2NO2/c1-9(2)18-11-3-5-12(6-4-11)19-14-13(16)7-10(15)8-17-14/h3-9H,1-2H3. The van der Waals surface area contributed by atoms with Crippen LogP contribution in [0.2, 0.25) is 10.0 Å². The Labute approximate surface area is 122 Å². The molecule has 0 amide bonds. The van der Waals surface area contributed by atoms with Crippen LogP contribution in [0, 0.1) is 0 Å². The second-order valence-corrected chi connectivity index (χ2v) is 5.02. The second kappa shape index (κ2) is 6.13. The van der Waals surface area contributed by atoms with Crippen LogP contribution in [0.3, 0.4) is 0 Å². The monoisotopic (exact) mass is 297 g/mol. The quantitative estimate of drug-likeness (QED) is 0.798. The summed E-state index contributed by atoms with van der Waals surface area (Å²) < 4.78 is 11.1. The van der Waals surface area contributed by atoms with Crippen LogP contribution < -0.4 is 9.47 Å². The molecule has 0 spiro atoms. The molecule has 100 valence electrons. The maximum atomic E-state index is 5.98. The Balaban J connectivity index is 2.10. The van der Waals surface area contributed by atoms with Crippen LogP contribution in [0.4, 0.5) is 0 Å². The first-order chi connectivity index (χ1) is 9.04. The number of nitrogens with zero attached hydrogens (tertiary/aromatic N) is 1. The van der Waals surface area contributed by atoms with Gasteiger partial charge >= 0.3 is 0 Å². The van der Waals surface area contributed by atoms with E-state index in [1.807, 2.05) is 26.0 Å². The Kier molecular flexibility index (Phi) is 4.51. The van der Waals surface area contributed by atoms with Crippen molar-refractivity contribution in [1.29, 1.82) is 0 Å². The zero-order chi connectivity index (χ0) is 13.8. The molecule has 0 saturated heterocycles. The smallest absolute Gasteiger partial charge is 0.238 e. The summed E-state index contributed by atoms with van der Waals surface area (Å²) in [6, 6.07) is 8.84. The van der Waals surface area contributed by atoms with Gasteiger partial charge < -0.3 is 9.47 Å². The van der Waals surface area contributed by atoms with E-state index in [1.165, 1.54) is 6.20 Å². The number of hydrogen-bond acceptors (Lipinski definition) is 3. The minimum atomic E-state index is 0.138. The fourth-order valence-electron chi connectivity index (χ4n) is 1.45. The van der Waals surface area contributed by atoms with Crippen molar-refractivity contribution >= 4 is 23.2 Å². The maximum Gasteiger partial charge on any atom is 0.238 e. The van der Waals surface area contributed by atoms with Crippen molar-refractivity contribution in [3.8, 4) is 17.4 Å². The second-order valence-electron chi connectivity index (χ2n) is 4.18. The van der Waals surface area contributed by atoms with Gasteiger partial charge in [0, 0.05) is 6.20 Å². The first-order valence-corrected chi connectivity index (χ1v) is 6.56. The molecule has 0 aliphatic carbocycles. The van der Waals surface area contributed by atoms with Gasteiger partial charge in [0.15, 0.2) is 0 Å². The summed E-state index contributed by atoms with van der Waals surface area (Å²) in [5, 5.41) is 0.841. The van der Waals surface area contributed by atoms with Crippen LogP contribution in [0.1, 0.15) is 13.8 Å². The van der Waals surface area contributed by atoms with Crippen LogP contribution in [0.5, 0.6) is 17.4 Å². The van der Waals surface area contributed by atoms with Crippen molar-refractivity contribution in [2.45, 2.75) is 20.0 Å². The zero-order valence-electron chi connectivity index (χ0n) is 10.6. The van der Waals surface area contributed by atoms with Crippen LogP contribution >= 0.6 is 23.2 Å². The summed E-state index contributed by atoms with van der Waals surface area (Å²) >= 11 is 11.8. The van der Waals surface area contributed by atoms with Crippen molar-refractivity contribution in [3.05, 3.63) is 46.6 Å². The van der Waals surface area contributed by atoms with Gasteiger partial charge in [0.05, 0.1) is 11.1 Å². The third-order valence-corrected chi connectivity index (χ3v) is 2.66. The van der Waals surface area contributed by atoms with Gasteiger partial charge in [0.1, 0.15) is 16.5 Å². The van der Waals surface area contributed by atoms with Gasteiger partial charge in [-0.25, -0.2) is 4.98 Å². The number of benzene rings is 1. The SMILES string of the molecule is CC(C)Oc1ccc(Oc2ncc(Cl)cc2Cl)cc1. The van der Waals surface area contributed by atoms with E-state index in [9.17, 15) is 0 Å². The number of hydrogen-bond donors (Lipinski definition) is 0.